The molecular weight excluding hydrogens is 265 g/mol. The van der Waals surface area contributed by atoms with Crippen LogP contribution in [-0.2, 0) is 6.42 Å². The highest BCUT2D eigenvalue weighted by molar-refractivity contribution is 6.31. The van der Waals surface area contributed by atoms with Gasteiger partial charge in [0.05, 0.1) is 5.02 Å². The van der Waals surface area contributed by atoms with Crippen molar-refractivity contribution < 1.29 is 8.81 Å². The van der Waals surface area contributed by atoms with Crippen LogP contribution in [0.5, 0.6) is 0 Å². The SMILES string of the molecule is CCNC(C)Cc1ccc(-c2ccc(F)c(Cl)c2)o1. The lowest BCUT2D eigenvalue weighted by molar-refractivity contribution is 0.470. The first-order valence-electron chi connectivity index (χ1n) is 6.37. The predicted molar refractivity (Wildman–Crippen MR) is 76.0 cm³/mol. The Balaban J connectivity index is 2.14. The zero-order chi connectivity index (χ0) is 13.8. The fourth-order valence-corrected chi connectivity index (χ4v) is 2.20. The molecule has 0 saturated heterocycles. The Bertz CT molecular complexity index is 553. The van der Waals surface area contributed by atoms with Crippen molar-refractivity contribution in [3.63, 3.8) is 0 Å². The van der Waals surface area contributed by atoms with Crippen LogP contribution < -0.4 is 5.32 Å². The zero-order valence-corrected chi connectivity index (χ0v) is 11.8. The summed E-state index contributed by atoms with van der Waals surface area (Å²) in [6, 6.07) is 8.78. The summed E-state index contributed by atoms with van der Waals surface area (Å²) in [5.74, 6) is 1.20. The fourth-order valence-electron chi connectivity index (χ4n) is 2.01. The van der Waals surface area contributed by atoms with Crippen LogP contribution in [0.15, 0.2) is 34.7 Å². The van der Waals surface area contributed by atoms with Crippen LogP contribution in [0.4, 0.5) is 4.39 Å². The molecule has 0 saturated carbocycles. The maximum atomic E-state index is 13.1. The molecule has 0 radical (unpaired) electrons. The number of halogens is 2. The van der Waals surface area contributed by atoms with Crippen LogP contribution in [0.1, 0.15) is 19.6 Å². The topological polar surface area (TPSA) is 25.2 Å². The largest absolute Gasteiger partial charge is 0.461 e. The smallest absolute Gasteiger partial charge is 0.141 e. The van der Waals surface area contributed by atoms with Gasteiger partial charge in [0, 0.05) is 18.0 Å². The molecule has 1 aromatic heterocycles. The molecule has 1 atom stereocenters. The average Bonchev–Trinajstić information content (AvgIpc) is 2.81. The summed E-state index contributed by atoms with van der Waals surface area (Å²) in [6.45, 7) is 5.12. The second kappa shape index (κ2) is 6.22. The molecule has 2 aromatic rings. The van der Waals surface area contributed by atoms with Crippen molar-refractivity contribution in [3.8, 4) is 11.3 Å². The van der Waals surface area contributed by atoms with Crippen LogP contribution >= 0.6 is 11.6 Å². The van der Waals surface area contributed by atoms with Gasteiger partial charge in [0.15, 0.2) is 0 Å². The third-order valence-corrected chi connectivity index (χ3v) is 3.22. The minimum Gasteiger partial charge on any atom is -0.461 e. The van der Waals surface area contributed by atoms with Gasteiger partial charge in [-0.25, -0.2) is 4.39 Å². The van der Waals surface area contributed by atoms with E-state index >= 15 is 0 Å². The van der Waals surface area contributed by atoms with Gasteiger partial charge in [-0.15, -0.1) is 0 Å². The van der Waals surface area contributed by atoms with Gasteiger partial charge in [-0.05, 0) is 43.8 Å². The molecule has 102 valence electrons. The molecule has 1 unspecified atom stereocenters. The van der Waals surface area contributed by atoms with E-state index in [1.807, 2.05) is 12.1 Å². The standard InChI is InChI=1S/C15H17ClFNO/c1-3-18-10(2)8-12-5-7-15(19-12)11-4-6-14(17)13(16)9-11/h4-7,9-10,18H,3,8H2,1-2H3. The number of hydrogen-bond acceptors (Lipinski definition) is 2. The monoisotopic (exact) mass is 281 g/mol. The second-order valence-electron chi connectivity index (χ2n) is 4.56. The molecule has 1 aromatic carbocycles. The lowest BCUT2D eigenvalue weighted by Crippen LogP contribution is -2.27. The summed E-state index contributed by atoms with van der Waals surface area (Å²) in [5, 5.41) is 3.44. The quantitative estimate of drug-likeness (QED) is 0.885. The van der Waals surface area contributed by atoms with Crippen molar-refractivity contribution in [3.05, 3.63) is 46.9 Å². The molecule has 2 rings (SSSR count). The molecule has 4 heteroatoms. The number of furan rings is 1. The normalized spacial score (nSPS) is 12.6. The van der Waals surface area contributed by atoms with E-state index in [1.165, 1.54) is 6.07 Å². The summed E-state index contributed by atoms with van der Waals surface area (Å²) in [5.41, 5.74) is 0.786. The van der Waals surface area contributed by atoms with Gasteiger partial charge in [-0.3, -0.25) is 0 Å². The molecule has 1 heterocycles. The molecule has 0 aliphatic carbocycles. The van der Waals surface area contributed by atoms with Gasteiger partial charge in [0.1, 0.15) is 17.3 Å². The first-order valence-corrected chi connectivity index (χ1v) is 6.75. The molecule has 0 aliphatic heterocycles. The van der Waals surface area contributed by atoms with Crippen LogP contribution in [0.25, 0.3) is 11.3 Å². The van der Waals surface area contributed by atoms with Crippen LogP contribution in [-0.4, -0.2) is 12.6 Å². The molecule has 0 bridgehead atoms. The Morgan fingerprint density at radius 3 is 2.79 bits per heavy atom. The zero-order valence-electron chi connectivity index (χ0n) is 11.0. The first kappa shape index (κ1) is 14.1. The maximum absolute atomic E-state index is 13.1. The fraction of sp³-hybridized carbons (Fsp3) is 0.333. The second-order valence-corrected chi connectivity index (χ2v) is 4.96. The van der Waals surface area contributed by atoms with Crippen LogP contribution in [0, 0.1) is 5.82 Å². The van der Waals surface area contributed by atoms with E-state index in [4.69, 9.17) is 16.0 Å². The Hall–Kier alpha value is -1.32. The van der Waals surface area contributed by atoms with E-state index in [2.05, 4.69) is 19.2 Å². The van der Waals surface area contributed by atoms with Gasteiger partial charge >= 0.3 is 0 Å². The van der Waals surface area contributed by atoms with E-state index in [0.29, 0.717) is 11.8 Å². The highest BCUT2D eigenvalue weighted by Gasteiger charge is 2.09. The highest BCUT2D eigenvalue weighted by Crippen LogP contribution is 2.26. The third-order valence-electron chi connectivity index (χ3n) is 2.93. The van der Waals surface area contributed by atoms with Crippen molar-refractivity contribution in [1.29, 1.82) is 0 Å². The number of nitrogens with one attached hydrogen (secondary N) is 1. The van der Waals surface area contributed by atoms with Crippen molar-refractivity contribution >= 4 is 11.6 Å². The van der Waals surface area contributed by atoms with Gasteiger partial charge in [0.25, 0.3) is 0 Å². The van der Waals surface area contributed by atoms with Crippen molar-refractivity contribution in [1.82, 2.24) is 5.32 Å². The molecule has 2 nitrogen and oxygen atoms in total. The summed E-state index contributed by atoms with van der Waals surface area (Å²) >= 11 is 5.77. The van der Waals surface area contributed by atoms with Gasteiger partial charge < -0.3 is 9.73 Å². The Kier molecular flexibility index (Phi) is 4.61. The van der Waals surface area contributed by atoms with E-state index in [0.717, 1.165) is 24.3 Å². The lowest BCUT2D eigenvalue weighted by atomic mass is 10.1. The van der Waals surface area contributed by atoms with Crippen molar-refractivity contribution in [2.75, 3.05) is 6.54 Å². The Morgan fingerprint density at radius 1 is 1.32 bits per heavy atom. The summed E-state index contributed by atoms with van der Waals surface area (Å²) in [4.78, 5) is 0. The molecule has 0 spiro atoms. The number of hydrogen-bond donors (Lipinski definition) is 1. The van der Waals surface area contributed by atoms with Gasteiger partial charge in [0.2, 0.25) is 0 Å². The molecule has 0 fully saturated rings. The molecular formula is C15H17ClFNO. The van der Waals surface area contributed by atoms with E-state index in [1.54, 1.807) is 12.1 Å². The number of rotatable bonds is 5. The van der Waals surface area contributed by atoms with E-state index in [9.17, 15) is 4.39 Å². The minimum atomic E-state index is -0.419. The summed E-state index contributed by atoms with van der Waals surface area (Å²) in [7, 11) is 0. The first-order chi connectivity index (χ1) is 9.10. The van der Waals surface area contributed by atoms with E-state index < -0.39 is 5.82 Å². The van der Waals surface area contributed by atoms with Crippen LogP contribution in [0.3, 0.4) is 0 Å². The van der Waals surface area contributed by atoms with Crippen molar-refractivity contribution in [2.24, 2.45) is 0 Å². The summed E-state index contributed by atoms with van der Waals surface area (Å²) < 4.78 is 18.9. The highest BCUT2D eigenvalue weighted by atomic mass is 35.5. The van der Waals surface area contributed by atoms with E-state index in [-0.39, 0.29) is 5.02 Å². The molecule has 1 N–H and O–H groups in total. The predicted octanol–water partition coefficient (Wildman–Crippen LogP) is 4.28. The lowest BCUT2D eigenvalue weighted by Gasteiger charge is -2.09. The molecule has 0 amide bonds. The van der Waals surface area contributed by atoms with Gasteiger partial charge in [-0.1, -0.05) is 18.5 Å². The van der Waals surface area contributed by atoms with Crippen molar-refractivity contribution in [2.45, 2.75) is 26.3 Å². The minimum absolute atomic E-state index is 0.108. The summed E-state index contributed by atoms with van der Waals surface area (Å²) in [6.07, 6.45) is 0.822. The van der Waals surface area contributed by atoms with Gasteiger partial charge in [-0.2, -0.15) is 0 Å². The molecule has 0 aliphatic rings. The molecule has 19 heavy (non-hydrogen) atoms. The Labute approximate surface area is 117 Å². The number of likely N-dealkylation sites (N-methyl/N-ethyl adjacent to an activating group) is 1. The average molecular weight is 282 g/mol. The maximum Gasteiger partial charge on any atom is 0.141 e. The third kappa shape index (κ3) is 3.58. The Morgan fingerprint density at radius 2 is 2.11 bits per heavy atom. The number of benzene rings is 1. The van der Waals surface area contributed by atoms with Crippen LogP contribution in [0.2, 0.25) is 5.02 Å².